The minimum atomic E-state index is 0.147. The average molecular weight is 312 g/mol. The highest BCUT2D eigenvalue weighted by atomic mass is 32.1. The van der Waals surface area contributed by atoms with Crippen LogP contribution in [0.4, 0.5) is 0 Å². The van der Waals surface area contributed by atoms with Gasteiger partial charge < -0.3 is 5.73 Å². The zero-order chi connectivity index (χ0) is 15.3. The quantitative estimate of drug-likeness (QED) is 0.495. The molecule has 4 heteroatoms. The summed E-state index contributed by atoms with van der Waals surface area (Å²) in [4.78, 5) is 1.20. The van der Waals surface area contributed by atoms with E-state index in [0.717, 1.165) is 18.5 Å². The molecule has 0 amide bonds. The van der Waals surface area contributed by atoms with Gasteiger partial charge in [-0.3, -0.25) is 0 Å². The van der Waals surface area contributed by atoms with E-state index in [1.54, 1.807) is 0 Å². The minimum Gasteiger partial charge on any atom is -0.323 e. The van der Waals surface area contributed by atoms with Gasteiger partial charge in [-0.1, -0.05) is 82.5 Å². The summed E-state index contributed by atoms with van der Waals surface area (Å²) in [5.74, 6) is 0. The molecule has 21 heavy (non-hydrogen) atoms. The standard InChI is InChI=1S/C17H33N3S/c1-3-5-6-7-8-9-10-11-12-13-14-15(18)17-16(4-2)19-20-21-17/h15H,3-14,18H2,1-2H3. The molecular weight excluding hydrogens is 278 g/mol. The lowest BCUT2D eigenvalue weighted by Crippen LogP contribution is -2.10. The summed E-state index contributed by atoms with van der Waals surface area (Å²) in [6, 6.07) is 0.147. The largest absolute Gasteiger partial charge is 0.323 e. The number of nitrogens with zero attached hydrogens (tertiary/aromatic N) is 2. The zero-order valence-corrected chi connectivity index (χ0v) is 14.8. The fourth-order valence-corrected chi connectivity index (χ4v) is 3.50. The number of rotatable bonds is 13. The molecule has 3 nitrogen and oxygen atoms in total. The van der Waals surface area contributed by atoms with Gasteiger partial charge in [0.05, 0.1) is 10.6 Å². The van der Waals surface area contributed by atoms with Crippen LogP contribution >= 0.6 is 11.5 Å². The van der Waals surface area contributed by atoms with E-state index in [2.05, 4.69) is 23.4 Å². The van der Waals surface area contributed by atoms with Gasteiger partial charge >= 0.3 is 0 Å². The normalized spacial score (nSPS) is 12.7. The summed E-state index contributed by atoms with van der Waals surface area (Å²) in [5, 5.41) is 4.14. The summed E-state index contributed by atoms with van der Waals surface area (Å²) < 4.78 is 4.03. The molecule has 1 unspecified atom stereocenters. The third-order valence-electron chi connectivity index (χ3n) is 4.13. The van der Waals surface area contributed by atoms with E-state index in [-0.39, 0.29) is 6.04 Å². The predicted molar refractivity (Wildman–Crippen MR) is 92.7 cm³/mol. The molecule has 0 radical (unpaired) electrons. The molecule has 1 atom stereocenters. The monoisotopic (exact) mass is 311 g/mol. The Hall–Kier alpha value is -0.480. The first-order valence-corrected chi connectivity index (χ1v) is 9.63. The first-order valence-electron chi connectivity index (χ1n) is 8.86. The molecule has 0 spiro atoms. The van der Waals surface area contributed by atoms with E-state index < -0.39 is 0 Å². The highest BCUT2D eigenvalue weighted by Gasteiger charge is 2.13. The Kier molecular flexibility index (Phi) is 10.7. The maximum atomic E-state index is 6.26. The van der Waals surface area contributed by atoms with Crippen LogP contribution in [0.25, 0.3) is 0 Å². The third-order valence-corrected chi connectivity index (χ3v) is 5.02. The highest BCUT2D eigenvalue weighted by Crippen LogP contribution is 2.23. The number of unbranched alkanes of at least 4 members (excludes halogenated alkanes) is 9. The Bertz CT molecular complexity index is 352. The molecule has 1 rings (SSSR count). The molecular formula is C17H33N3S. The number of nitrogens with two attached hydrogens (primary N) is 1. The van der Waals surface area contributed by atoms with Crippen molar-refractivity contribution in [2.45, 2.75) is 96.9 Å². The van der Waals surface area contributed by atoms with E-state index in [9.17, 15) is 0 Å². The molecule has 0 saturated heterocycles. The SMILES string of the molecule is CCCCCCCCCCCCC(N)c1snnc1CC. The van der Waals surface area contributed by atoms with Crippen LogP contribution < -0.4 is 5.73 Å². The van der Waals surface area contributed by atoms with Crippen molar-refractivity contribution in [1.29, 1.82) is 0 Å². The van der Waals surface area contributed by atoms with E-state index in [1.807, 2.05) is 0 Å². The first-order chi connectivity index (χ1) is 10.3. The van der Waals surface area contributed by atoms with Gasteiger partial charge in [-0.2, -0.15) is 0 Å². The number of aromatic nitrogens is 2. The van der Waals surface area contributed by atoms with Crippen LogP contribution in [0.2, 0.25) is 0 Å². The predicted octanol–water partition coefficient (Wildman–Crippen LogP) is 5.41. The second-order valence-corrected chi connectivity index (χ2v) is 6.80. The van der Waals surface area contributed by atoms with Gasteiger partial charge in [0.2, 0.25) is 0 Å². The van der Waals surface area contributed by atoms with Crippen molar-refractivity contribution >= 4 is 11.5 Å². The van der Waals surface area contributed by atoms with Crippen LogP contribution in [0.1, 0.15) is 101 Å². The summed E-state index contributed by atoms with van der Waals surface area (Å²) in [6.07, 6.45) is 15.8. The molecule has 0 aliphatic carbocycles. The van der Waals surface area contributed by atoms with Crippen molar-refractivity contribution in [1.82, 2.24) is 9.59 Å². The topological polar surface area (TPSA) is 51.8 Å². The van der Waals surface area contributed by atoms with Crippen LogP contribution in [0.15, 0.2) is 0 Å². The Balaban J connectivity index is 1.97. The highest BCUT2D eigenvalue weighted by molar-refractivity contribution is 7.05. The Morgan fingerprint density at radius 1 is 0.905 bits per heavy atom. The third kappa shape index (κ3) is 7.91. The zero-order valence-electron chi connectivity index (χ0n) is 13.9. The van der Waals surface area contributed by atoms with Gasteiger partial charge in [0, 0.05) is 6.04 Å². The summed E-state index contributed by atoms with van der Waals surface area (Å²) in [6.45, 7) is 4.39. The Labute approximate surface area is 134 Å². The van der Waals surface area contributed by atoms with Crippen molar-refractivity contribution in [2.75, 3.05) is 0 Å². The molecule has 0 saturated carbocycles. The van der Waals surface area contributed by atoms with Crippen molar-refractivity contribution in [2.24, 2.45) is 5.73 Å². The van der Waals surface area contributed by atoms with Crippen LogP contribution in [-0.4, -0.2) is 9.59 Å². The average Bonchev–Trinajstić information content (AvgIpc) is 2.97. The van der Waals surface area contributed by atoms with Crippen molar-refractivity contribution in [3.8, 4) is 0 Å². The molecule has 0 aliphatic heterocycles. The molecule has 122 valence electrons. The van der Waals surface area contributed by atoms with E-state index in [4.69, 9.17) is 5.73 Å². The Morgan fingerprint density at radius 2 is 1.48 bits per heavy atom. The molecule has 2 N–H and O–H groups in total. The van der Waals surface area contributed by atoms with Crippen LogP contribution in [-0.2, 0) is 6.42 Å². The molecule has 0 fully saturated rings. The van der Waals surface area contributed by atoms with Gasteiger partial charge in [-0.05, 0) is 24.4 Å². The number of aryl methyl sites for hydroxylation is 1. The maximum Gasteiger partial charge on any atom is 0.0800 e. The van der Waals surface area contributed by atoms with Gasteiger partial charge in [-0.25, -0.2) is 0 Å². The molecule has 0 aliphatic rings. The second-order valence-electron chi connectivity index (χ2n) is 6.01. The fraction of sp³-hybridized carbons (Fsp3) is 0.882. The van der Waals surface area contributed by atoms with E-state index >= 15 is 0 Å². The smallest absolute Gasteiger partial charge is 0.0800 e. The summed E-state index contributed by atoms with van der Waals surface area (Å²) in [5.41, 5.74) is 7.35. The van der Waals surface area contributed by atoms with Crippen LogP contribution in [0.3, 0.4) is 0 Å². The molecule has 0 bridgehead atoms. The van der Waals surface area contributed by atoms with E-state index in [0.29, 0.717) is 0 Å². The minimum absolute atomic E-state index is 0.147. The summed E-state index contributed by atoms with van der Waals surface area (Å²) >= 11 is 1.48. The molecule has 1 aromatic heterocycles. The van der Waals surface area contributed by atoms with Crippen LogP contribution in [0.5, 0.6) is 0 Å². The lowest BCUT2D eigenvalue weighted by Gasteiger charge is -2.10. The summed E-state index contributed by atoms with van der Waals surface area (Å²) in [7, 11) is 0. The molecule has 1 aromatic rings. The van der Waals surface area contributed by atoms with Gasteiger partial charge in [0.15, 0.2) is 0 Å². The van der Waals surface area contributed by atoms with E-state index in [1.165, 1.54) is 80.6 Å². The first kappa shape index (κ1) is 18.6. The number of hydrogen-bond acceptors (Lipinski definition) is 4. The fourth-order valence-electron chi connectivity index (χ4n) is 2.73. The Morgan fingerprint density at radius 3 is 2.05 bits per heavy atom. The lowest BCUT2D eigenvalue weighted by molar-refractivity contribution is 0.530. The molecule has 1 heterocycles. The van der Waals surface area contributed by atoms with Crippen molar-refractivity contribution in [3.63, 3.8) is 0 Å². The van der Waals surface area contributed by atoms with Gasteiger partial charge in [-0.15, -0.1) is 5.10 Å². The molecule has 0 aromatic carbocycles. The lowest BCUT2D eigenvalue weighted by atomic mass is 10.0. The van der Waals surface area contributed by atoms with Crippen molar-refractivity contribution in [3.05, 3.63) is 10.6 Å². The van der Waals surface area contributed by atoms with Gasteiger partial charge in [0.1, 0.15) is 0 Å². The van der Waals surface area contributed by atoms with Crippen LogP contribution in [0, 0.1) is 0 Å². The maximum absolute atomic E-state index is 6.26. The number of hydrogen-bond donors (Lipinski definition) is 1. The second kappa shape index (κ2) is 12.1. The van der Waals surface area contributed by atoms with Gasteiger partial charge in [0.25, 0.3) is 0 Å². The van der Waals surface area contributed by atoms with Crippen molar-refractivity contribution < 1.29 is 0 Å².